The highest BCUT2D eigenvalue weighted by atomic mass is 16.3. The molecule has 2 aromatic heterocycles. The molecule has 0 aliphatic carbocycles. The van der Waals surface area contributed by atoms with E-state index < -0.39 is 0 Å². The van der Waals surface area contributed by atoms with Gasteiger partial charge in [-0.25, -0.2) is 0 Å². The minimum absolute atomic E-state index is 0.878. The highest BCUT2D eigenvalue weighted by Gasteiger charge is 2.18. The number of rotatable bonds is 5. The summed E-state index contributed by atoms with van der Waals surface area (Å²) in [7, 11) is 0. The van der Waals surface area contributed by atoms with Crippen molar-refractivity contribution in [2.45, 2.75) is 0 Å². The molecule has 0 saturated heterocycles. The summed E-state index contributed by atoms with van der Waals surface area (Å²) >= 11 is 0. The van der Waals surface area contributed by atoms with E-state index in [1.54, 1.807) is 0 Å². The summed E-state index contributed by atoms with van der Waals surface area (Å²) in [5.41, 5.74) is 11.3. The van der Waals surface area contributed by atoms with Crippen LogP contribution in [0.15, 0.2) is 185 Å². The topological polar surface area (TPSA) is 29.5 Å². The van der Waals surface area contributed by atoms with Gasteiger partial charge < -0.3 is 13.7 Å². The molecule has 10 aromatic rings. The second-order valence-corrected chi connectivity index (χ2v) is 12.5. The minimum Gasteiger partial charge on any atom is -0.456 e. The molecule has 3 heteroatoms. The van der Waals surface area contributed by atoms with E-state index in [-0.39, 0.29) is 0 Å². The number of benzene rings is 8. The third-order valence-electron chi connectivity index (χ3n) is 9.66. The summed E-state index contributed by atoms with van der Waals surface area (Å²) in [5, 5.41) is 6.94. The van der Waals surface area contributed by atoms with E-state index in [1.807, 2.05) is 24.3 Å². The highest BCUT2D eigenvalue weighted by Crippen LogP contribution is 2.42. The van der Waals surface area contributed by atoms with Crippen molar-refractivity contribution in [3.05, 3.63) is 176 Å². The van der Waals surface area contributed by atoms with E-state index in [0.717, 1.165) is 72.1 Å². The Morgan fingerprint density at radius 2 is 0.918 bits per heavy atom. The number of furan rings is 2. The molecular weight excluding hydrogens is 599 g/mol. The van der Waals surface area contributed by atoms with Crippen molar-refractivity contribution in [1.29, 1.82) is 0 Å². The van der Waals surface area contributed by atoms with Gasteiger partial charge in [0.05, 0.1) is 0 Å². The standard InChI is InChI=1S/C46H29NO2/c1-2-14-36-30(10-1)11-8-17-37(36)32-12-7-13-34(28-32)47(35-26-27-45-42(29-35)40-16-4-5-20-43(40)48-45)33-24-22-31(23-25-33)38-18-9-19-41-39-15-3-6-21-44(39)49-46(38)41/h1-29H. The summed E-state index contributed by atoms with van der Waals surface area (Å²) in [4.78, 5) is 2.33. The molecule has 0 amide bonds. The van der Waals surface area contributed by atoms with Crippen molar-refractivity contribution < 1.29 is 8.83 Å². The molecule has 8 aromatic carbocycles. The molecule has 0 unspecified atom stereocenters. The minimum atomic E-state index is 0.878. The second kappa shape index (κ2) is 11.0. The van der Waals surface area contributed by atoms with Crippen molar-refractivity contribution in [3.63, 3.8) is 0 Å². The summed E-state index contributed by atoms with van der Waals surface area (Å²) in [6, 6.07) is 62.1. The SMILES string of the molecule is c1cc(-c2cccc3ccccc23)cc(N(c2ccc(-c3cccc4c3oc3ccccc34)cc2)c2ccc3oc4ccccc4c3c2)c1. The maximum atomic E-state index is 6.39. The molecule has 0 radical (unpaired) electrons. The van der Waals surface area contributed by atoms with Crippen LogP contribution >= 0.6 is 0 Å². The lowest BCUT2D eigenvalue weighted by molar-refractivity contribution is 0.669. The van der Waals surface area contributed by atoms with Crippen molar-refractivity contribution in [3.8, 4) is 22.3 Å². The molecule has 49 heavy (non-hydrogen) atoms. The quantitative estimate of drug-likeness (QED) is 0.190. The number of anilines is 3. The van der Waals surface area contributed by atoms with Gasteiger partial charge in [-0.2, -0.15) is 0 Å². The van der Waals surface area contributed by atoms with Crippen LogP contribution in [0.25, 0.3) is 76.9 Å². The Morgan fingerprint density at radius 1 is 0.327 bits per heavy atom. The van der Waals surface area contributed by atoms with E-state index in [2.05, 4.69) is 157 Å². The maximum Gasteiger partial charge on any atom is 0.143 e. The molecule has 0 aliphatic rings. The van der Waals surface area contributed by atoms with Crippen molar-refractivity contribution in [2.75, 3.05) is 4.90 Å². The van der Waals surface area contributed by atoms with Gasteiger partial charge in [-0.3, -0.25) is 0 Å². The Labute approximate surface area is 282 Å². The highest BCUT2D eigenvalue weighted by molar-refractivity contribution is 6.10. The van der Waals surface area contributed by atoms with Crippen LogP contribution in [-0.4, -0.2) is 0 Å². The largest absolute Gasteiger partial charge is 0.456 e. The molecular formula is C46H29NO2. The Hall–Kier alpha value is -6.58. The number of fused-ring (bicyclic) bond motifs is 7. The fourth-order valence-corrected chi connectivity index (χ4v) is 7.35. The van der Waals surface area contributed by atoms with Gasteiger partial charge in [-0.1, -0.05) is 121 Å². The monoisotopic (exact) mass is 627 g/mol. The van der Waals surface area contributed by atoms with Crippen LogP contribution in [0.4, 0.5) is 17.1 Å². The number of para-hydroxylation sites is 3. The predicted octanol–water partition coefficient (Wildman–Crippen LogP) is 13.4. The summed E-state index contributed by atoms with van der Waals surface area (Å²) < 4.78 is 12.6. The molecule has 0 aliphatic heterocycles. The number of nitrogens with zero attached hydrogens (tertiary/aromatic N) is 1. The van der Waals surface area contributed by atoms with Gasteiger partial charge in [0.15, 0.2) is 0 Å². The van der Waals surface area contributed by atoms with E-state index in [9.17, 15) is 0 Å². The molecule has 0 spiro atoms. The van der Waals surface area contributed by atoms with E-state index in [1.165, 1.54) is 21.9 Å². The van der Waals surface area contributed by atoms with Gasteiger partial charge in [0, 0.05) is 44.2 Å². The average Bonchev–Trinajstić information content (AvgIpc) is 3.74. The van der Waals surface area contributed by atoms with Crippen LogP contribution in [0.2, 0.25) is 0 Å². The van der Waals surface area contributed by atoms with Gasteiger partial charge in [-0.05, 0) is 82.1 Å². The summed E-state index contributed by atoms with van der Waals surface area (Å²) in [5.74, 6) is 0. The molecule has 0 saturated carbocycles. The lowest BCUT2D eigenvalue weighted by Crippen LogP contribution is -2.10. The molecule has 0 atom stereocenters. The smallest absolute Gasteiger partial charge is 0.143 e. The second-order valence-electron chi connectivity index (χ2n) is 12.5. The van der Waals surface area contributed by atoms with Crippen molar-refractivity contribution >= 4 is 71.7 Å². The van der Waals surface area contributed by atoms with Crippen LogP contribution in [0, 0.1) is 0 Å². The first-order valence-electron chi connectivity index (χ1n) is 16.6. The molecule has 230 valence electrons. The predicted molar refractivity (Wildman–Crippen MR) is 204 cm³/mol. The Balaban J connectivity index is 1.14. The molecule has 2 heterocycles. The zero-order valence-corrected chi connectivity index (χ0v) is 26.5. The van der Waals surface area contributed by atoms with Crippen LogP contribution in [0.3, 0.4) is 0 Å². The van der Waals surface area contributed by atoms with Crippen LogP contribution in [-0.2, 0) is 0 Å². The van der Waals surface area contributed by atoms with Gasteiger partial charge >= 0.3 is 0 Å². The molecule has 3 nitrogen and oxygen atoms in total. The fraction of sp³-hybridized carbons (Fsp3) is 0. The first-order valence-corrected chi connectivity index (χ1v) is 16.6. The summed E-state index contributed by atoms with van der Waals surface area (Å²) in [6.45, 7) is 0. The van der Waals surface area contributed by atoms with Crippen LogP contribution in [0.5, 0.6) is 0 Å². The maximum absolute atomic E-state index is 6.39. The Morgan fingerprint density at radius 3 is 1.78 bits per heavy atom. The normalized spacial score (nSPS) is 11.7. The Kier molecular flexibility index (Phi) is 6.18. The number of hydrogen-bond acceptors (Lipinski definition) is 3. The van der Waals surface area contributed by atoms with E-state index in [0.29, 0.717) is 0 Å². The average molecular weight is 628 g/mol. The van der Waals surface area contributed by atoms with Gasteiger partial charge in [-0.15, -0.1) is 0 Å². The Bertz CT molecular complexity index is 2830. The van der Waals surface area contributed by atoms with Crippen LogP contribution < -0.4 is 4.90 Å². The molecule has 10 rings (SSSR count). The van der Waals surface area contributed by atoms with E-state index in [4.69, 9.17) is 8.83 Å². The van der Waals surface area contributed by atoms with Gasteiger partial charge in [0.1, 0.15) is 22.3 Å². The molecule has 0 bridgehead atoms. The fourth-order valence-electron chi connectivity index (χ4n) is 7.35. The van der Waals surface area contributed by atoms with Crippen molar-refractivity contribution in [1.82, 2.24) is 0 Å². The lowest BCUT2D eigenvalue weighted by Gasteiger charge is -2.26. The zero-order valence-electron chi connectivity index (χ0n) is 26.5. The van der Waals surface area contributed by atoms with E-state index >= 15 is 0 Å². The summed E-state index contributed by atoms with van der Waals surface area (Å²) in [6.07, 6.45) is 0. The molecule has 0 fully saturated rings. The third kappa shape index (κ3) is 4.51. The molecule has 0 N–H and O–H groups in total. The third-order valence-corrected chi connectivity index (χ3v) is 9.66. The first-order chi connectivity index (χ1) is 24.3. The van der Waals surface area contributed by atoms with Crippen molar-refractivity contribution in [2.24, 2.45) is 0 Å². The first kappa shape index (κ1) is 27.5. The number of hydrogen-bond donors (Lipinski definition) is 0. The van der Waals surface area contributed by atoms with Gasteiger partial charge in [0.25, 0.3) is 0 Å². The lowest BCUT2D eigenvalue weighted by atomic mass is 9.97. The zero-order chi connectivity index (χ0) is 32.3. The van der Waals surface area contributed by atoms with Gasteiger partial charge in [0.2, 0.25) is 0 Å². The van der Waals surface area contributed by atoms with Crippen LogP contribution in [0.1, 0.15) is 0 Å².